The summed E-state index contributed by atoms with van der Waals surface area (Å²) >= 11 is 5.81. The maximum atomic E-state index is 5.81. The van der Waals surface area contributed by atoms with Crippen molar-refractivity contribution in [3.63, 3.8) is 0 Å². The molecule has 0 bridgehead atoms. The Balaban J connectivity index is 3.31. The molecule has 1 atom stereocenters. The fourth-order valence-electron chi connectivity index (χ4n) is 0.936. The Morgan fingerprint density at radius 1 is 1.33 bits per heavy atom. The van der Waals surface area contributed by atoms with E-state index in [0.717, 1.165) is 6.54 Å². The summed E-state index contributed by atoms with van der Waals surface area (Å²) in [7, 11) is 0. The third kappa shape index (κ3) is 4.73. The van der Waals surface area contributed by atoms with Crippen LogP contribution < -0.4 is 4.90 Å². The summed E-state index contributed by atoms with van der Waals surface area (Å²) in [4.78, 5) is 1.58. The van der Waals surface area contributed by atoms with E-state index in [1.807, 2.05) is 6.92 Å². The average Bonchev–Trinajstić information content (AvgIpc) is 1.82. The molecule has 0 spiro atoms. The zero-order chi connectivity index (χ0) is 7.28. The molecular formula is C7H17ClN+. The van der Waals surface area contributed by atoms with Crippen LogP contribution in [0.2, 0.25) is 0 Å². The maximum absolute atomic E-state index is 5.81. The highest BCUT2D eigenvalue weighted by molar-refractivity contribution is 6.20. The van der Waals surface area contributed by atoms with Gasteiger partial charge in [-0.15, -0.1) is 11.6 Å². The third-order valence-electron chi connectivity index (χ3n) is 1.57. The van der Waals surface area contributed by atoms with E-state index >= 15 is 0 Å². The molecule has 1 N–H and O–H groups in total. The van der Waals surface area contributed by atoms with Gasteiger partial charge in [0.25, 0.3) is 0 Å². The van der Waals surface area contributed by atoms with Crippen molar-refractivity contribution >= 4 is 11.6 Å². The molecule has 0 unspecified atom stereocenters. The van der Waals surface area contributed by atoms with Crippen LogP contribution in [0.4, 0.5) is 0 Å². The first-order valence-corrected chi connectivity index (χ1v) is 4.12. The minimum absolute atomic E-state index is 0.319. The van der Waals surface area contributed by atoms with Crippen molar-refractivity contribution in [3.8, 4) is 0 Å². The van der Waals surface area contributed by atoms with Gasteiger partial charge in [0.05, 0.1) is 25.0 Å². The lowest BCUT2D eigenvalue weighted by Crippen LogP contribution is -3.12. The van der Waals surface area contributed by atoms with E-state index in [0.29, 0.717) is 5.38 Å². The van der Waals surface area contributed by atoms with Crippen molar-refractivity contribution < 1.29 is 4.90 Å². The van der Waals surface area contributed by atoms with Gasteiger partial charge in [-0.2, -0.15) is 0 Å². The molecule has 0 fully saturated rings. The molecule has 9 heavy (non-hydrogen) atoms. The summed E-state index contributed by atoms with van der Waals surface area (Å²) in [6.07, 6.45) is 0. The van der Waals surface area contributed by atoms with Crippen LogP contribution in [0.5, 0.6) is 0 Å². The van der Waals surface area contributed by atoms with Crippen molar-refractivity contribution in [2.45, 2.75) is 26.1 Å². The van der Waals surface area contributed by atoms with Gasteiger partial charge in [-0.1, -0.05) is 0 Å². The van der Waals surface area contributed by atoms with E-state index in [1.54, 1.807) is 4.90 Å². The minimum Gasteiger partial charge on any atom is -0.334 e. The second-order valence-electron chi connectivity index (χ2n) is 2.44. The second kappa shape index (κ2) is 5.07. The lowest BCUT2D eigenvalue weighted by atomic mass is 10.4. The van der Waals surface area contributed by atoms with Crippen LogP contribution in [0, 0.1) is 0 Å². The van der Waals surface area contributed by atoms with Crippen molar-refractivity contribution in [1.29, 1.82) is 0 Å². The van der Waals surface area contributed by atoms with Crippen LogP contribution in [0.3, 0.4) is 0 Å². The monoisotopic (exact) mass is 150 g/mol. The lowest BCUT2D eigenvalue weighted by Gasteiger charge is -2.15. The highest BCUT2D eigenvalue weighted by atomic mass is 35.5. The molecule has 0 aromatic heterocycles. The minimum atomic E-state index is 0.319. The second-order valence-corrected chi connectivity index (χ2v) is 3.19. The average molecular weight is 151 g/mol. The van der Waals surface area contributed by atoms with Crippen molar-refractivity contribution in [2.24, 2.45) is 0 Å². The van der Waals surface area contributed by atoms with E-state index < -0.39 is 0 Å². The van der Waals surface area contributed by atoms with Gasteiger partial charge >= 0.3 is 0 Å². The summed E-state index contributed by atoms with van der Waals surface area (Å²) in [6, 6.07) is 0. The summed E-state index contributed by atoms with van der Waals surface area (Å²) < 4.78 is 0. The van der Waals surface area contributed by atoms with Gasteiger partial charge in [0.2, 0.25) is 0 Å². The quantitative estimate of drug-likeness (QED) is 0.558. The topological polar surface area (TPSA) is 4.44 Å². The van der Waals surface area contributed by atoms with Gasteiger partial charge in [-0.25, -0.2) is 0 Å². The van der Waals surface area contributed by atoms with Crippen LogP contribution in [-0.4, -0.2) is 25.0 Å². The number of nitrogens with one attached hydrogen (secondary N) is 1. The molecule has 0 aromatic rings. The molecule has 0 saturated carbocycles. The zero-order valence-electron chi connectivity index (χ0n) is 6.58. The SMILES string of the molecule is CC[NH+](CC)C[C@@H](C)Cl. The van der Waals surface area contributed by atoms with Crippen LogP contribution in [0.15, 0.2) is 0 Å². The van der Waals surface area contributed by atoms with E-state index in [9.17, 15) is 0 Å². The molecule has 0 aliphatic heterocycles. The van der Waals surface area contributed by atoms with Crippen LogP contribution in [0.25, 0.3) is 0 Å². The van der Waals surface area contributed by atoms with Crippen molar-refractivity contribution in [3.05, 3.63) is 0 Å². The van der Waals surface area contributed by atoms with Gasteiger partial charge in [0.1, 0.15) is 0 Å². The van der Waals surface area contributed by atoms with Crippen molar-refractivity contribution in [1.82, 2.24) is 0 Å². The molecule has 0 amide bonds. The Morgan fingerprint density at radius 2 is 1.78 bits per heavy atom. The lowest BCUT2D eigenvalue weighted by molar-refractivity contribution is -0.895. The first-order valence-electron chi connectivity index (χ1n) is 3.68. The molecule has 0 saturated heterocycles. The first-order chi connectivity index (χ1) is 4.20. The predicted molar refractivity (Wildman–Crippen MR) is 42.2 cm³/mol. The molecule has 0 aliphatic carbocycles. The summed E-state index contributed by atoms with van der Waals surface area (Å²) in [5.41, 5.74) is 0. The smallest absolute Gasteiger partial charge is 0.0934 e. The number of rotatable bonds is 4. The molecular weight excluding hydrogens is 134 g/mol. The number of hydrogen-bond donors (Lipinski definition) is 1. The number of hydrogen-bond acceptors (Lipinski definition) is 0. The molecule has 0 aromatic carbocycles. The molecule has 56 valence electrons. The summed E-state index contributed by atoms with van der Waals surface area (Å²) in [6.45, 7) is 9.90. The molecule has 1 nitrogen and oxygen atoms in total. The Labute approximate surface area is 63.0 Å². The van der Waals surface area contributed by atoms with E-state index in [-0.39, 0.29) is 0 Å². The Kier molecular flexibility index (Phi) is 5.21. The Bertz CT molecular complexity index is 59.9. The fourth-order valence-corrected chi connectivity index (χ4v) is 1.15. The highest BCUT2D eigenvalue weighted by Crippen LogP contribution is 1.85. The number of halogens is 1. The molecule has 0 aliphatic rings. The Hall–Kier alpha value is 0.250. The van der Waals surface area contributed by atoms with Gasteiger partial charge in [0.15, 0.2) is 0 Å². The highest BCUT2D eigenvalue weighted by Gasteiger charge is 2.05. The molecule has 2 heteroatoms. The standard InChI is InChI=1S/C7H16ClN/c1-4-9(5-2)6-7(3)8/h7H,4-6H2,1-3H3/p+1/t7-/m1/s1. The van der Waals surface area contributed by atoms with Crippen LogP contribution in [0.1, 0.15) is 20.8 Å². The van der Waals surface area contributed by atoms with Gasteiger partial charge in [-0.3, -0.25) is 0 Å². The zero-order valence-corrected chi connectivity index (χ0v) is 7.33. The number of quaternary nitrogens is 1. The summed E-state index contributed by atoms with van der Waals surface area (Å²) in [5.74, 6) is 0. The van der Waals surface area contributed by atoms with Crippen LogP contribution in [-0.2, 0) is 0 Å². The molecule has 0 rings (SSSR count). The van der Waals surface area contributed by atoms with E-state index in [2.05, 4.69) is 13.8 Å². The predicted octanol–water partition coefficient (Wildman–Crippen LogP) is 0.538. The Morgan fingerprint density at radius 3 is 1.89 bits per heavy atom. The van der Waals surface area contributed by atoms with Gasteiger partial charge in [-0.05, 0) is 20.8 Å². The van der Waals surface area contributed by atoms with Gasteiger partial charge in [0, 0.05) is 0 Å². The van der Waals surface area contributed by atoms with E-state index in [1.165, 1.54) is 13.1 Å². The molecule has 0 heterocycles. The first kappa shape index (κ1) is 9.25. The number of alkyl halides is 1. The normalized spacial score (nSPS) is 14.3. The maximum Gasteiger partial charge on any atom is 0.0934 e. The largest absolute Gasteiger partial charge is 0.334 e. The third-order valence-corrected chi connectivity index (χ3v) is 1.72. The fraction of sp³-hybridized carbons (Fsp3) is 1.00. The van der Waals surface area contributed by atoms with Crippen molar-refractivity contribution in [2.75, 3.05) is 19.6 Å². The van der Waals surface area contributed by atoms with Gasteiger partial charge < -0.3 is 4.90 Å². The van der Waals surface area contributed by atoms with Crippen LogP contribution >= 0.6 is 11.6 Å². The molecule has 0 radical (unpaired) electrons. The van der Waals surface area contributed by atoms with E-state index in [4.69, 9.17) is 11.6 Å². The summed E-state index contributed by atoms with van der Waals surface area (Å²) in [5, 5.41) is 0.319.